The van der Waals surface area contributed by atoms with Gasteiger partial charge in [-0.25, -0.2) is 0 Å². The third-order valence-corrected chi connectivity index (χ3v) is 4.33. The van der Waals surface area contributed by atoms with Crippen molar-refractivity contribution in [1.29, 1.82) is 0 Å². The topological polar surface area (TPSA) is 46.3 Å². The van der Waals surface area contributed by atoms with Crippen LogP contribution in [0.5, 0.6) is 0 Å². The van der Waals surface area contributed by atoms with Crippen molar-refractivity contribution in [3.8, 4) is 0 Å². The van der Waals surface area contributed by atoms with E-state index in [1.807, 2.05) is 37.3 Å². The zero-order valence-electron chi connectivity index (χ0n) is 11.8. The van der Waals surface area contributed by atoms with Crippen LogP contribution in [0.1, 0.15) is 38.2 Å². The number of benzene rings is 1. The summed E-state index contributed by atoms with van der Waals surface area (Å²) in [5, 5.41) is 0. The van der Waals surface area contributed by atoms with Crippen molar-refractivity contribution in [1.82, 2.24) is 4.90 Å². The molecule has 1 heterocycles. The molecule has 1 aliphatic rings. The zero-order chi connectivity index (χ0) is 13.7. The number of carbonyl (C=O) groups excluding carboxylic acids is 1. The minimum absolute atomic E-state index is 0.226. The van der Waals surface area contributed by atoms with Gasteiger partial charge in [0.15, 0.2) is 0 Å². The summed E-state index contributed by atoms with van der Waals surface area (Å²) in [4.78, 5) is 14.4. The van der Waals surface area contributed by atoms with Crippen LogP contribution in [0.3, 0.4) is 0 Å². The highest BCUT2D eigenvalue weighted by Crippen LogP contribution is 2.28. The van der Waals surface area contributed by atoms with E-state index in [9.17, 15) is 4.79 Å². The van der Waals surface area contributed by atoms with E-state index < -0.39 is 5.41 Å². The number of primary amides is 1. The van der Waals surface area contributed by atoms with Gasteiger partial charge in [0.05, 0.1) is 5.41 Å². The molecule has 1 saturated heterocycles. The number of amides is 1. The molecule has 104 valence electrons. The zero-order valence-corrected chi connectivity index (χ0v) is 11.8. The third kappa shape index (κ3) is 3.35. The fourth-order valence-electron chi connectivity index (χ4n) is 2.78. The molecule has 3 heteroatoms. The quantitative estimate of drug-likeness (QED) is 0.883. The average molecular weight is 260 g/mol. The molecule has 0 aliphatic carbocycles. The van der Waals surface area contributed by atoms with Crippen molar-refractivity contribution in [2.75, 3.05) is 19.6 Å². The Morgan fingerprint density at radius 1 is 1.21 bits per heavy atom. The molecule has 0 unspecified atom stereocenters. The van der Waals surface area contributed by atoms with Crippen LogP contribution in [-0.2, 0) is 10.2 Å². The van der Waals surface area contributed by atoms with Gasteiger partial charge in [-0.1, -0.05) is 36.8 Å². The molecular formula is C16H24N2O. The second-order valence-corrected chi connectivity index (χ2v) is 5.71. The van der Waals surface area contributed by atoms with Gasteiger partial charge in [0.25, 0.3) is 0 Å². The molecule has 0 radical (unpaired) electrons. The summed E-state index contributed by atoms with van der Waals surface area (Å²) in [6, 6.07) is 9.91. The molecule has 0 bridgehead atoms. The second kappa shape index (κ2) is 6.20. The molecule has 0 aromatic heterocycles. The molecule has 1 amide bonds. The largest absolute Gasteiger partial charge is 0.369 e. The lowest BCUT2D eigenvalue weighted by molar-refractivity contribution is -0.123. The van der Waals surface area contributed by atoms with E-state index in [2.05, 4.69) is 4.90 Å². The SMILES string of the molecule is C[C@](CCN1CCCCC1)(C(N)=O)c1ccccc1. The minimum atomic E-state index is -0.557. The van der Waals surface area contributed by atoms with Gasteiger partial charge in [-0.3, -0.25) is 4.79 Å². The Hall–Kier alpha value is -1.35. The van der Waals surface area contributed by atoms with Crippen molar-refractivity contribution in [3.63, 3.8) is 0 Å². The fourth-order valence-corrected chi connectivity index (χ4v) is 2.78. The molecule has 0 spiro atoms. The lowest BCUT2D eigenvalue weighted by atomic mass is 9.78. The number of nitrogens with two attached hydrogens (primary N) is 1. The molecule has 1 aliphatic heterocycles. The molecular weight excluding hydrogens is 236 g/mol. The van der Waals surface area contributed by atoms with Crippen LogP contribution < -0.4 is 5.73 Å². The van der Waals surface area contributed by atoms with Crippen LogP contribution in [0.15, 0.2) is 30.3 Å². The third-order valence-electron chi connectivity index (χ3n) is 4.33. The van der Waals surface area contributed by atoms with Crippen LogP contribution in [0, 0.1) is 0 Å². The summed E-state index contributed by atoms with van der Waals surface area (Å²) in [6.45, 7) is 5.23. The summed E-state index contributed by atoms with van der Waals surface area (Å²) < 4.78 is 0. The number of piperidine rings is 1. The number of carbonyl (C=O) groups is 1. The van der Waals surface area contributed by atoms with Crippen molar-refractivity contribution >= 4 is 5.91 Å². The minimum Gasteiger partial charge on any atom is -0.369 e. The summed E-state index contributed by atoms with van der Waals surface area (Å²) >= 11 is 0. The number of hydrogen-bond donors (Lipinski definition) is 1. The first-order valence-corrected chi connectivity index (χ1v) is 7.21. The standard InChI is InChI=1S/C16H24N2O/c1-16(15(17)19,14-8-4-2-5-9-14)10-13-18-11-6-3-7-12-18/h2,4-5,8-9H,3,6-7,10-13H2,1H3,(H2,17,19)/t16-/m1/s1. The number of likely N-dealkylation sites (tertiary alicyclic amines) is 1. The Bertz CT molecular complexity index is 412. The van der Waals surface area contributed by atoms with Gasteiger partial charge in [0.2, 0.25) is 5.91 Å². The van der Waals surface area contributed by atoms with E-state index in [0.29, 0.717) is 0 Å². The van der Waals surface area contributed by atoms with Gasteiger partial charge in [0, 0.05) is 0 Å². The molecule has 19 heavy (non-hydrogen) atoms. The summed E-state index contributed by atoms with van der Waals surface area (Å²) in [5.41, 5.74) is 6.13. The lowest BCUT2D eigenvalue weighted by Gasteiger charge is -2.32. The fraction of sp³-hybridized carbons (Fsp3) is 0.562. The predicted molar refractivity (Wildman–Crippen MR) is 77.9 cm³/mol. The molecule has 0 saturated carbocycles. The highest BCUT2D eigenvalue weighted by Gasteiger charge is 2.33. The van der Waals surface area contributed by atoms with E-state index in [1.54, 1.807) is 0 Å². The van der Waals surface area contributed by atoms with Crippen LogP contribution in [0.25, 0.3) is 0 Å². The van der Waals surface area contributed by atoms with E-state index in [4.69, 9.17) is 5.73 Å². The molecule has 1 aromatic carbocycles. The average Bonchev–Trinajstić information content (AvgIpc) is 2.46. The van der Waals surface area contributed by atoms with Crippen molar-refractivity contribution in [2.24, 2.45) is 5.73 Å². The maximum absolute atomic E-state index is 11.9. The molecule has 1 aromatic rings. The van der Waals surface area contributed by atoms with Crippen LogP contribution in [-0.4, -0.2) is 30.4 Å². The van der Waals surface area contributed by atoms with Crippen molar-refractivity contribution in [2.45, 2.75) is 38.0 Å². The van der Waals surface area contributed by atoms with Gasteiger partial charge in [-0.05, 0) is 51.4 Å². The summed E-state index contributed by atoms with van der Waals surface area (Å²) in [6.07, 6.45) is 4.69. The second-order valence-electron chi connectivity index (χ2n) is 5.71. The van der Waals surface area contributed by atoms with Crippen LogP contribution >= 0.6 is 0 Å². The highest BCUT2D eigenvalue weighted by atomic mass is 16.1. The van der Waals surface area contributed by atoms with Crippen molar-refractivity contribution in [3.05, 3.63) is 35.9 Å². The Kier molecular flexibility index (Phi) is 4.59. The number of rotatable bonds is 5. The Labute approximate surface area is 115 Å². The molecule has 1 atom stereocenters. The van der Waals surface area contributed by atoms with Gasteiger partial charge < -0.3 is 10.6 Å². The van der Waals surface area contributed by atoms with Gasteiger partial charge >= 0.3 is 0 Å². The van der Waals surface area contributed by atoms with E-state index in [1.165, 1.54) is 19.3 Å². The lowest BCUT2D eigenvalue weighted by Crippen LogP contribution is -2.42. The summed E-state index contributed by atoms with van der Waals surface area (Å²) in [5.74, 6) is -0.226. The van der Waals surface area contributed by atoms with Crippen molar-refractivity contribution < 1.29 is 4.79 Å². The molecule has 2 rings (SSSR count). The Morgan fingerprint density at radius 3 is 2.42 bits per heavy atom. The van der Waals surface area contributed by atoms with Gasteiger partial charge in [-0.15, -0.1) is 0 Å². The smallest absolute Gasteiger partial charge is 0.227 e. The van der Waals surface area contributed by atoms with E-state index in [-0.39, 0.29) is 5.91 Å². The number of hydrogen-bond acceptors (Lipinski definition) is 2. The maximum Gasteiger partial charge on any atom is 0.227 e. The van der Waals surface area contributed by atoms with E-state index in [0.717, 1.165) is 31.6 Å². The first-order chi connectivity index (χ1) is 9.13. The van der Waals surface area contributed by atoms with E-state index >= 15 is 0 Å². The normalized spacial score (nSPS) is 19.8. The van der Waals surface area contributed by atoms with Gasteiger partial charge in [0.1, 0.15) is 0 Å². The molecule has 2 N–H and O–H groups in total. The van der Waals surface area contributed by atoms with Crippen LogP contribution in [0.2, 0.25) is 0 Å². The Morgan fingerprint density at radius 2 is 1.84 bits per heavy atom. The predicted octanol–water partition coefficient (Wildman–Crippen LogP) is 2.31. The van der Waals surface area contributed by atoms with Gasteiger partial charge in [-0.2, -0.15) is 0 Å². The Balaban J connectivity index is 2.05. The molecule has 3 nitrogen and oxygen atoms in total. The highest BCUT2D eigenvalue weighted by molar-refractivity contribution is 5.86. The first kappa shape index (κ1) is 14.1. The monoisotopic (exact) mass is 260 g/mol. The molecule has 1 fully saturated rings. The first-order valence-electron chi connectivity index (χ1n) is 7.21. The number of nitrogens with zero attached hydrogens (tertiary/aromatic N) is 1. The maximum atomic E-state index is 11.9. The van der Waals surface area contributed by atoms with Crippen LogP contribution in [0.4, 0.5) is 0 Å². The summed E-state index contributed by atoms with van der Waals surface area (Å²) in [7, 11) is 0.